The molecule has 1 aromatic carbocycles. The minimum Gasteiger partial charge on any atom is -0.496 e. The van der Waals surface area contributed by atoms with Crippen LogP contribution >= 0.6 is 0 Å². The third-order valence-corrected chi connectivity index (χ3v) is 7.01. The summed E-state index contributed by atoms with van der Waals surface area (Å²) in [5.74, 6) is 1.80. The zero-order chi connectivity index (χ0) is 24.4. The molecule has 0 radical (unpaired) electrons. The topological polar surface area (TPSA) is 112 Å². The van der Waals surface area contributed by atoms with Gasteiger partial charge in [-0.25, -0.2) is 4.68 Å². The van der Waals surface area contributed by atoms with Crippen molar-refractivity contribution in [2.45, 2.75) is 38.6 Å². The zero-order valence-electron chi connectivity index (χ0n) is 20.1. The van der Waals surface area contributed by atoms with E-state index < -0.39 is 5.91 Å². The van der Waals surface area contributed by atoms with Gasteiger partial charge in [0.2, 0.25) is 5.91 Å². The summed E-state index contributed by atoms with van der Waals surface area (Å²) in [7, 11) is 3.23. The fraction of sp³-hybridized carbons (Fsp3) is 0.480. The van der Waals surface area contributed by atoms with E-state index in [-0.39, 0.29) is 11.9 Å². The van der Waals surface area contributed by atoms with E-state index in [0.29, 0.717) is 53.1 Å². The summed E-state index contributed by atoms with van der Waals surface area (Å²) in [6.45, 7) is 7.74. The molecule has 2 aliphatic heterocycles. The Morgan fingerprint density at radius 3 is 2.38 bits per heavy atom. The lowest BCUT2D eigenvalue weighted by atomic mass is 9.87. The molecule has 0 saturated carbocycles. The molecule has 1 atom stereocenters. The molecule has 0 bridgehead atoms. The van der Waals surface area contributed by atoms with E-state index in [4.69, 9.17) is 20.3 Å². The number of hydrogen-bond donors (Lipinski definition) is 2. The first-order chi connectivity index (χ1) is 16.4. The second kappa shape index (κ2) is 9.79. The highest BCUT2D eigenvalue weighted by molar-refractivity contribution is 6.04. The van der Waals surface area contributed by atoms with Gasteiger partial charge in [-0.05, 0) is 49.8 Å². The van der Waals surface area contributed by atoms with Gasteiger partial charge in [-0.1, -0.05) is 13.5 Å². The number of ether oxygens (including phenoxy) is 2. The summed E-state index contributed by atoms with van der Waals surface area (Å²) in [5.41, 5.74) is 8.42. The number of nitrogens with one attached hydrogen (secondary N) is 1. The number of benzene rings is 1. The minimum absolute atomic E-state index is 0.0275. The van der Waals surface area contributed by atoms with Gasteiger partial charge in [0, 0.05) is 30.8 Å². The molecule has 1 aromatic heterocycles. The maximum Gasteiger partial charge on any atom is 0.254 e. The lowest BCUT2D eigenvalue weighted by molar-refractivity contribution is -0.127. The molecule has 9 heteroatoms. The van der Waals surface area contributed by atoms with E-state index in [2.05, 4.69) is 11.9 Å². The summed E-state index contributed by atoms with van der Waals surface area (Å²) in [6.07, 6.45) is 4.74. The lowest BCUT2D eigenvalue weighted by Crippen LogP contribution is -2.41. The number of fused-ring (bicyclic) bond motifs is 1. The number of carbonyl (C=O) groups excluding carboxylic acids is 2. The van der Waals surface area contributed by atoms with E-state index >= 15 is 0 Å². The Balaban J connectivity index is 1.74. The Morgan fingerprint density at radius 1 is 1.21 bits per heavy atom. The molecule has 4 rings (SSSR count). The molecule has 0 aliphatic carbocycles. The number of amides is 2. The minimum atomic E-state index is -0.534. The Bertz CT molecular complexity index is 1080. The number of hydrogen-bond acceptors (Lipinski definition) is 6. The molecule has 9 nitrogen and oxygen atoms in total. The molecule has 0 spiro atoms. The number of piperidine rings is 1. The highest BCUT2D eigenvalue weighted by Crippen LogP contribution is 2.42. The van der Waals surface area contributed by atoms with Gasteiger partial charge in [0.1, 0.15) is 28.6 Å². The molecular formula is C25H33N5O4. The van der Waals surface area contributed by atoms with Gasteiger partial charge in [-0.15, -0.1) is 0 Å². The van der Waals surface area contributed by atoms with Gasteiger partial charge in [0.15, 0.2) is 0 Å². The second-order valence-electron chi connectivity index (χ2n) is 8.74. The molecular weight excluding hydrogens is 434 g/mol. The predicted octanol–water partition coefficient (Wildman–Crippen LogP) is 3.01. The Morgan fingerprint density at radius 2 is 1.85 bits per heavy atom. The molecule has 3 heterocycles. The molecule has 1 unspecified atom stereocenters. The number of likely N-dealkylation sites (tertiary alicyclic amines) is 1. The summed E-state index contributed by atoms with van der Waals surface area (Å²) < 4.78 is 13.2. The lowest BCUT2D eigenvalue weighted by Gasteiger charge is -2.38. The number of nitrogens with two attached hydrogens (primary N) is 1. The largest absolute Gasteiger partial charge is 0.496 e. The smallest absolute Gasteiger partial charge is 0.254 e. The first kappa shape index (κ1) is 23.7. The van der Waals surface area contributed by atoms with Gasteiger partial charge in [0.25, 0.3) is 5.91 Å². The van der Waals surface area contributed by atoms with E-state index in [1.807, 2.05) is 28.6 Å². The monoisotopic (exact) mass is 467 g/mol. The maximum absolute atomic E-state index is 12.6. The highest BCUT2D eigenvalue weighted by atomic mass is 16.5. The fourth-order valence-corrected chi connectivity index (χ4v) is 5.28. The number of methoxy groups -OCH3 is 2. The van der Waals surface area contributed by atoms with Crippen LogP contribution in [0.3, 0.4) is 0 Å². The average Bonchev–Trinajstić information content (AvgIpc) is 3.27. The standard InChI is InChI=1S/C25H33N5O4/c1-5-17-19(33-3)13-16(14-20(17)34-4)23-22(24(26)32)25-27-10-7-18(30(25)28-23)15-8-11-29(12-9-15)21(31)6-2/h6,13-15,18,27H,2,5,7-12H2,1,3-4H3,(H2,26,32). The first-order valence-electron chi connectivity index (χ1n) is 11.8. The van der Waals surface area contributed by atoms with Gasteiger partial charge in [-0.3, -0.25) is 9.59 Å². The number of rotatable bonds is 7. The molecule has 1 fully saturated rings. The summed E-state index contributed by atoms with van der Waals surface area (Å²) >= 11 is 0. The SMILES string of the molecule is C=CC(=O)N1CCC(C2CCNc3c(C(N)=O)c(-c4cc(OC)c(CC)c(OC)c4)nn32)CC1. The number of carbonyl (C=O) groups is 2. The van der Waals surface area contributed by atoms with Crippen molar-refractivity contribution >= 4 is 17.6 Å². The quantitative estimate of drug-likeness (QED) is 0.606. The van der Waals surface area contributed by atoms with Crippen molar-refractivity contribution in [3.05, 3.63) is 35.9 Å². The summed E-state index contributed by atoms with van der Waals surface area (Å²) in [5, 5.41) is 8.27. The van der Waals surface area contributed by atoms with Gasteiger partial charge < -0.3 is 25.4 Å². The summed E-state index contributed by atoms with van der Waals surface area (Å²) in [6, 6.07) is 3.88. The van der Waals surface area contributed by atoms with Crippen molar-refractivity contribution in [3.8, 4) is 22.8 Å². The predicted molar refractivity (Wildman–Crippen MR) is 130 cm³/mol. The van der Waals surface area contributed by atoms with E-state index in [0.717, 1.165) is 37.8 Å². The van der Waals surface area contributed by atoms with Crippen LogP contribution in [0.2, 0.25) is 0 Å². The van der Waals surface area contributed by atoms with Crippen LogP contribution in [-0.2, 0) is 11.2 Å². The molecule has 2 aliphatic rings. The zero-order valence-corrected chi connectivity index (χ0v) is 20.1. The van der Waals surface area contributed by atoms with Crippen molar-refractivity contribution in [1.82, 2.24) is 14.7 Å². The number of nitrogens with zero attached hydrogens (tertiary/aromatic N) is 3. The van der Waals surface area contributed by atoms with Crippen molar-refractivity contribution in [1.29, 1.82) is 0 Å². The molecule has 2 aromatic rings. The van der Waals surface area contributed by atoms with Crippen LogP contribution in [0.4, 0.5) is 5.82 Å². The van der Waals surface area contributed by atoms with Gasteiger partial charge in [-0.2, -0.15) is 5.10 Å². The van der Waals surface area contributed by atoms with Crippen LogP contribution in [0, 0.1) is 5.92 Å². The van der Waals surface area contributed by atoms with Crippen LogP contribution in [-0.4, -0.2) is 60.3 Å². The van der Waals surface area contributed by atoms with Crippen LogP contribution in [0.5, 0.6) is 11.5 Å². The maximum atomic E-state index is 12.6. The number of anilines is 1. The normalized spacial score (nSPS) is 18.1. The Labute approximate surface area is 199 Å². The van der Waals surface area contributed by atoms with Crippen molar-refractivity contribution < 1.29 is 19.1 Å². The van der Waals surface area contributed by atoms with E-state index in [1.54, 1.807) is 14.2 Å². The molecule has 182 valence electrons. The van der Waals surface area contributed by atoms with Crippen molar-refractivity contribution in [3.63, 3.8) is 0 Å². The third-order valence-electron chi connectivity index (χ3n) is 7.01. The van der Waals surface area contributed by atoms with Crippen LogP contribution in [0.25, 0.3) is 11.3 Å². The Hall–Kier alpha value is -3.49. The number of primary amides is 1. The average molecular weight is 468 g/mol. The fourth-order valence-electron chi connectivity index (χ4n) is 5.28. The third kappa shape index (κ3) is 4.10. The molecule has 2 amide bonds. The molecule has 3 N–H and O–H groups in total. The second-order valence-corrected chi connectivity index (χ2v) is 8.74. The van der Waals surface area contributed by atoms with Crippen molar-refractivity contribution in [2.75, 3.05) is 39.2 Å². The molecule has 1 saturated heterocycles. The van der Waals surface area contributed by atoms with E-state index in [9.17, 15) is 9.59 Å². The van der Waals surface area contributed by atoms with Crippen LogP contribution in [0.15, 0.2) is 24.8 Å². The van der Waals surface area contributed by atoms with Crippen LogP contribution in [0.1, 0.15) is 48.1 Å². The first-order valence-corrected chi connectivity index (χ1v) is 11.8. The van der Waals surface area contributed by atoms with Gasteiger partial charge in [0.05, 0.1) is 20.3 Å². The van der Waals surface area contributed by atoms with Crippen molar-refractivity contribution in [2.24, 2.45) is 11.7 Å². The summed E-state index contributed by atoms with van der Waals surface area (Å²) in [4.78, 5) is 26.4. The van der Waals surface area contributed by atoms with Gasteiger partial charge >= 0.3 is 0 Å². The number of aromatic nitrogens is 2. The highest BCUT2D eigenvalue weighted by Gasteiger charge is 2.36. The van der Waals surface area contributed by atoms with E-state index in [1.165, 1.54) is 6.08 Å². The molecule has 34 heavy (non-hydrogen) atoms. The van der Waals surface area contributed by atoms with Crippen LogP contribution < -0.4 is 20.5 Å². The Kier molecular flexibility index (Phi) is 6.81.